The number of carboxylic acids is 1. The summed E-state index contributed by atoms with van der Waals surface area (Å²) in [7, 11) is 0. The lowest BCUT2D eigenvalue weighted by atomic mass is 10.0. The van der Waals surface area contributed by atoms with Gasteiger partial charge in [-0.25, -0.2) is 4.79 Å². The first-order valence-electron chi connectivity index (χ1n) is 10.9. The van der Waals surface area contributed by atoms with Crippen molar-refractivity contribution >= 4 is 29.6 Å². The molecule has 0 aliphatic heterocycles. The number of benzene rings is 1. The Balaban J connectivity index is 2.93. The highest BCUT2D eigenvalue weighted by Gasteiger charge is 2.33. The van der Waals surface area contributed by atoms with E-state index in [0.717, 1.165) is 6.92 Å². The molecule has 1 aromatic carbocycles. The van der Waals surface area contributed by atoms with E-state index >= 15 is 0 Å². The van der Waals surface area contributed by atoms with Crippen LogP contribution in [0, 0.1) is 5.92 Å². The zero-order valence-electron chi connectivity index (χ0n) is 19.7. The van der Waals surface area contributed by atoms with Crippen LogP contribution in [0.15, 0.2) is 24.3 Å². The summed E-state index contributed by atoms with van der Waals surface area (Å²) in [4.78, 5) is 60.7. The Labute approximate surface area is 202 Å². The average Bonchev–Trinajstić information content (AvgIpc) is 2.75. The van der Waals surface area contributed by atoms with Gasteiger partial charge in [-0.1, -0.05) is 26.0 Å². The number of primary amides is 1. The maximum Gasteiger partial charge on any atom is 0.328 e. The topological polar surface area (TPSA) is 234 Å². The van der Waals surface area contributed by atoms with Gasteiger partial charge in [0.2, 0.25) is 23.6 Å². The van der Waals surface area contributed by atoms with Gasteiger partial charge in [-0.15, -0.1) is 0 Å². The molecule has 0 saturated carbocycles. The summed E-state index contributed by atoms with van der Waals surface area (Å²) in [6.45, 7) is 4.41. The molecule has 10 N–H and O–H groups in total. The summed E-state index contributed by atoms with van der Waals surface area (Å²) in [5.41, 5.74) is 11.8. The monoisotopic (exact) mass is 495 g/mol. The normalized spacial score (nSPS) is 15.3. The summed E-state index contributed by atoms with van der Waals surface area (Å²) in [5, 5.41) is 34.9. The number of carbonyl (C=O) groups excluding carboxylic acids is 4. The van der Waals surface area contributed by atoms with Crippen LogP contribution < -0.4 is 27.4 Å². The lowest BCUT2D eigenvalue weighted by Crippen LogP contribution is -2.60. The van der Waals surface area contributed by atoms with E-state index in [1.54, 1.807) is 26.0 Å². The fourth-order valence-corrected chi connectivity index (χ4v) is 3.09. The summed E-state index contributed by atoms with van der Waals surface area (Å²) in [6, 6.07) is 0.669. The largest absolute Gasteiger partial charge is 0.508 e. The molecule has 5 atom stereocenters. The van der Waals surface area contributed by atoms with Crippen molar-refractivity contribution < 1.29 is 39.3 Å². The minimum Gasteiger partial charge on any atom is -0.508 e. The van der Waals surface area contributed by atoms with Gasteiger partial charge in [-0.3, -0.25) is 19.2 Å². The highest BCUT2D eigenvalue weighted by Crippen LogP contribution is 2.11. The van der Waals surface area contributed by atoms with Crippen LogP contribution in [0.1, 0.15) is 32.8 Å². The number of aliphatic hydroxyl groups is 1. The average molecular weight is 496 g/mol. The Morgan fingerprint density at radius 2 is 1.43 bits per heavy atom. The molecule has 35 heavy (non-hydrogen) atoms. The molecule has 13 nitrogen and oxygen atoms in total. The number of aliphatic carboxylic acids is 1. The van der Waals surface area contributed by atoms with Crippen LogP contribution in [0.4, 0.5) is 0 Å². The van der Waals surface area contributed by atoms with Crippen molar-refractivity contribution in [2.24, 2.45) is 17.4 Å². The van der Waals surface area contributed by atoms with Crippen LogP contribution in [0.2, 0.25) is 0 Å². The Hall–Kier alpha value is -3.71. The fourth-order valence-electron chi connectivity index (χ4n) is 3.09. The third kappa shape index (κ3) is 9.59. The number of phenolic OH excluding ortho intramolecular Hbond substituents is 1. The molecule has 194 valence electrons. The molecule has 1 aromatic rings. The first-order chi connectivity index (χ1) is 16.2. The van der Waals surface area contributed by atoms with Gasteiger partial charge >= 0.3 is 5.97 Å². The van der Waals surface area contributed by atoms with Gasteiger partial charge in [0, 0.05) is 0 Å². The first-order valence-corrected chi connectivity index (χ1v) is 10.9. The van der Waals surface area contributed by atoms with E-state index in [1.165, 1.54) is 12.1 Å². The summed E-state index contributed by atoms with van der Waals surface area (Å²) < 4.78 is 0. The van der Waals surface area contributed by atoms with Crippen LogP contribution in [0.3, 0.4) is 0 Å². The Kier molecular flexibility index (Phi) is 11.1. The molecular weight excluding hydrogens is 462 g/mol. The molecule has 4 amide bonds. The minimum atomic E-state index is -1.69. The van der Waals surface area contributed by atoms with Crippen LogP contribution >= 0.6 is 0 Å². The predicted molar refractivity (Wildman–Crippen MR) is 124 cm³/mol. The van der Waals surface area contributed by atoms with E-state index in [0.29, 0.717) is 5.56 Å². The molecule has 13 heteroatoms. The quantitative estimate of drug-likeness (QED) is 0.147. The highest BCUT2D eigenvalue weighted by molar-refractivity contribution is 5.96. The zero-order valence-corrected chi connectivity index (χ0v) is 19.7. The molecule has 0 fully saturated rings. The van der Waals surface area contributed by atoms with Gasteiger partial charge in [0.25, 0.3) is 0 Å². The second-order valence-corrected chi connectivity index (χ2v) is 8.50. The summed E-state index contributed by atoms with van der Waals surface area (Å²) >= 11 is 0. The molecule has 0 aliphatic carbocycles. The summed E-state index contributed by atoms with van der Waals surface area (Å²) in [5.74, 6) is -5.40. The van der Waals surface area contributed by atoms with Crippen molar-refractivity contribution in [3.8, 4) is 5.75 Å². The van der Waals surface area contributed by atoms with E-state index in [9.17, 15) is 34.2 Å². The lowest BCUT2D eigenvalue weighted by molar-refractivity contribution is -0.145. The van der Waals surface area contributed by atoms with Crippen molar-refractivity contribution in [2.75, 3.05) is 0 Å². The van der Waals surface area contributed by atoms with Crippen molar-refractivity contribution in [3.05, 3.63) is 29.8 Å². The molecule has 0 heterocycles. The number of amides is 4. The second-order valence-electron chi connectivity index (χ2n) is 8.50. The van der Waals surface area contributed by atoms with Crippen molar-refractivity contribution in [1.29, 1.82) is 0 Å². The van der Waals surface area contributed by atoms with Gasteiger partial charge in [-0.05, 0) is 37.0 Å². The maximum absolute atomic E-state index is 12.9. The summed E-state index contributed by atoms with van der Waals surface area (Å²) in [6.07, 6.45) is -1.98. The first kappa shape index (κ1) is 29.3. The van der Waals surface area contributed by atoms with E-state index in [4.69, 9.17) is 16.6 Å². The smallest absolute Gasteiger partial charge is 0.328 e. The number of carboxylic acid groups (broad SMARTS) is 1. The number of nitrogens with two attached hydrogens (primary N) is 2. The molecule has 0 bridgehead atoms. The molecule has 0 aromatic heterocycles. The van der Waals surface area contributed by atoms with E-state index in [-0.39, 0.29) is 12.2 Å². The SMILES string of the molecule is CC(C)C(NC(=O)C(N)Cc1ccc(O)cc1)C(=O)NC(CC(N)=O)C(=O)NC(C(=O)O)C(C)O. The predicted octanol–water partition coefficient (Wildman–Crippen LogP) is -2.29. The van der Waals surface area contributed by atoms with Gasteiger partial charge in [-0.2, -0.15) is 0 Å². The maximum atomic E-state index is 12.9. The molecule has 5 unspecified atom stereocenters. The number of carbonyl (C=O) groups is 5. The number of aliphatic hydroxyl groups excluding tert-OH is 1. The van der Waals surface area contributed by atoms with Crippen molar-refractivity contribution in [1.82, 2.24) is 16.0 Å². The molecule has 0 saturated heterocycles. The van der Waals surface area contributed by atoms with Crippen LogP contribution in [-0.4, -0.2) is 75.2 Å². The second kappa shape index (κ2) is 13.2. The molecule has 1 rings (SSSR count). The van der Waals surface area contributed by atoms with Crippen LogP contribution in [0.25, 0.3) is 0 Å². The fraction of sp³-hybridized carbons (Fsp3) is 0.500. The van der Waals surface area contributed by atoms with Gasteiger partial charge in [0.15, 0.2) is 6.04 Å². The molecule has 0 radical (unpaired) electrons. The number of phenols is 1. The van der Waals surface area contributed by atoms with Crippen molar-refractivity contribution in [3.63, 3.8) is 0 Å². The lowest BCUT2D eigenvalue weighted by Gasteiger charge is -2.27. The Morgan fingerprint density at radius 1 is 0.886 bits per heavy atom. The van der Waals surface area contributed by atoms with E-state index in [1.807, 2.05) is 5.32 Å². The van der Waals surface area contributed by atoms with Gasteiger partial charge in [0.1, 0.15) is 17.8 Å². The molecular formula is C22H33N5O8. The van der Waals surface area contributed by atoms with Gasteiger partial charge < -0.3 is 42.7 Å². The highest BCUT2D eigenvalue weighted by atomic mass is 16.4. The standard InChI is InChI=1S/C22H33N5O8/c1-10(2)17(26-19(31)14(23)8-12-4-6-13(29)7-5-12)21(33)25-15(9-16(24)30)20(32)27-18(11(3)28)22(34)35/h4-7,10-11,14-15,17-18,28-29H,8-9,23H2,1-3H3,(H2,24,30)(H,25,33)(H,26,31)(H,27,32)(H,34,35). The minimum absolute atomic E-state index is 0.0565. The Bertz CT molecular complexity index is 919. The number of rotatable bonds is 13. The van der Waals surface area contributed by atoms with E-state index in [2.05, 4.69) is 10.6 Å². The Morgan fingerprint density at radius 3 is 1.89 bits per heavy atom. The number of hydrogen-bond acceptors (Lipinski definition) is 8. The van der Waals surface area contributed by atoms with Crippen LogP contribution in [0.5, 0.6) is 5.75 Å². The number of nitrogens with one attached hydrogen (secondary N) is 3. The van der Waals surface area contributed by atoms with Gasteiger partial charge in [0.05, 0.1) is 18.6 Å². The van der Waals surface area contributed by atoms with Crippen molar-refractivity contribution in [2.45, 2.75) is 63.9 Å². The number of hydrogen-bond donors (Lipinski definition) is 8. The molecule has 0 aliphatic rings. The molecule has 0 spiro atoms. The third-order valence-corrected chi connectivity index (χ3v) is 5.06. The zero-order chi connectivity index (χ0) is 26.9. The van der Waals surface area contributed by atoms with Crippen LogP contribution in [-0.2, 0) is 30.4 Å². The van der Waals surface area contributed by atoms with E-state index < -0.39 is 72.2 Å². The third-order valence-electron chi connectivity index (χ3n) is 5.06. The number of aromatic hydroxyl groups is 1.